The van der Waals surface area contributed by atoms with E-state index >= 15 is 0 Å². The van der Waals surface area contributed by atoms with E-state index in [1.807, 2.05) is 12.1 Å². The van der Waals surface area contributed by atoms with Crippen LogP contribution in [0.2, 0.25) is 0 Å². The van der Waals surface area contributed by atoms with E-state index < -0.39 is 23.7 Å². The fourth-order valence-corrected chi connectivity index (χ4v) is 4.55. The van der Waals surface area contributed by atoms with E-state index in [-0.39, 0.29) is 17.7 Å². The van der Waals surface area contributed by atoms with Gasteiger partial charge in [-0.25, -0.2) is 0 Å². The number of nitrogens with zero attached hydrogens (tertiary/aromatic N) is 1. The smallest absolute Gasteiger partial charge is 0.410 e. The Morgan fingerprint density at radius 2 is 1.70 bits per heavy atom. The van der Waals surface area contributed by atoms with Crippen LogP contribution < -0.4 is 10.2 Å². The molecule has 3 rings (SSSR count). The summed E-state index contributed by atoms with van der Waals surface area (Å²) in [6.45, 7) is 5.82. The lowest BCUT2D eigenvalue weighted by Crippen LogP contribution is -2.51. The molecule has 0 aromatic heterocycles. The molecule has 1 saturated heterocycles. The van der Waals surface area contributed by atoms with Crippen LogP contribution in [0.4, 0.5) is 13.2 Å². The van der Waals surface area contributed by atoms with E-state index in [9.17, 15) is 18.0 Å². The summed E-state index contributed by atoms with van der Waals surface area (Å²) in [6.07, 6.45) is 3.10. The third-order valence-corrected chi connectivity index (χ3v) is 6.26. The molecule has 0 aliphatic carbocycles. The number of halogens is 3. The lowest BCUT2D eigenvalue weighted by Gasteiger charge is -2.38. The van der Waals surface area contributed by atoms with Crippen molar-refractivity contribution in [2.24, 2.45) is 0 Å². The van der Waals surface area contributed by atoms with Crippen LogP contribution in [0.1, 0.15) is 83.7 Å². The average Bonchev–Trinajstić information content (AvgIpc) is 3.01. The monoisotopic (exact) mass is 464 g/mol. The Morgan fingerprint density at radius 3 is 2.33 bits per heavy atom. The van der Waals surface area contributed by atoms with Crippen LogP contribution in [-0.4, -0.2) is 29.2 Å². The molecular formula is C26H35F3N2O2. The van der Waals surface area contributed by atoms with Gasteiger partial charge in [0.15, 0.2) is 6.04 Å². The standard InChI is InChI=1S/C26H35F3N2O2/c1-4-5-6-7-8-9-12-17-33-23-20-14-11-10-13-19(20)15-16-21(23)24(26(27,28)29)31-25(2,3)18-22(32)30-31/h10-11,13-16,24H,4-9,12,17-18H2,1-3H3,(H,30,32). The van der Waals surface area contributed by atoms with Crippen LogP contribution in [0.5, 0.6) is 5.75 Å². The molecule has 4 nitrogen and oxygen atoms in total. The first kappa shape index (κ1) is 25.3. The summed E-state index contributed by atoms with van der Waals surface area (Å²) in [6, 6.07) is 8.48. The van der Waals surface area contributed by atoms with E-state index in [1.165, 1.54) is 31.7 Å². The summed E-state index contributed by atoms with van der Waals surface area (Å²) in [5, 5.41) is 2.51. The molecule has 1 aliphatic rings. The Balaban J connectivity index is 1.88. The quantitative estimate of drug-likeness (QED) is 0.361. The maximum Gasteiger partial charge on any atom is 0.410 e. The number of hydrogen-bond acceptors (Lipinski definition) is 3. The number of alkyl halides is 3. The first-order chi connectivity index (χ1) is 15.6. The third kappa shape index (κ3) is 6.19. The number of hydrogen-bond donors (Lipinski definition) is 1. The van der Waals surface area contributed by atoms with Crippen LogP contribution in [0.25, 0.3) is 10.8 Å². The minimum Gasteiger partial charge on any atom is -0.493 e. The van der Waals surface area contributed by atoms with Gasteiger partial charge in [0.25, 0.3) is 0 Å². The number of hydrazine groups is 1. The molecule has 2 aromatic carbocycles. The second-order valence-electron chi connectivity index (χ2n) is 9.51. The van der Waals surface area contributed by atoms with Gasteiger partial charge in [0, 0.05) is 22.9 Å². The van der Waals surface area contributed by atoms with Crippen LogP contribution in [0.3, 0.4) is 0 Å². The van der Waals surface area contributed by atoms with Gasteiger partial charge in [-0.1, -0.05) is 81.8 Å². The molecule has 1 fully saturated rings. The summed E-state index contributed by atoms with van der Waals surface area (Å²) in [5.41, 5.74) is 1.48. The van der Waals surface area contributed by atoms with Crippen molar-refractivity contribution in [2.75, 3.05) is 6.61 Å². The molecule has 1 aliphatic heterocycles. The summed E-state index contributed by atoms with van der Waals surface area (Å²) < 4.78 is 49.4. The number of rotatable bonds is 11. The highest BCUT2D eigenvalue weighted by Crippen LogP contribution is 2.47. The minimum atomic E-state index is -4.60. The highest BCUT2D eigenvalue weighted by molar-refractivity contribution is 5.90. The Morgan fingerprint density at radius 1 is 1.03 bits per heavy atom. The number of carbonyl (C=O) groups is 1. The molecule has 1 atom stereocenters. The van der Waals surface area contributed by atoms with Gasteiger partial charge in [0.05, 0.1) is 6.61 Å². The number of nitrogens with one attached hydrogen (secondary N) is 1. The number of unbranched alkanes of at least 4 members (excludes halogenated alkanes) is 6. The molecule has 1 unspecified atom stereocenters. The normalized spacial score (nSPS) is 17.3. The summed E-state index contributed by atoms with van der Waals surface area (Å²) in [7, 11) is 0. The van der Waals surface area contributed by atoms with E-state index in [0.717, 1.165) is 29.7 Å². The van der Waals surface area contributed by atoms with Crippen LogP contribution in [0, 0.1) is 0 Å². The Bertz CT molecular complexity index is 943. The molecule has 0 bridgehead atoms. The zero-order chi connectivity index (χ0) is 24.1. The molecule has 1 amide bonds. The summed E-state index contributed by atoms with van der Waals surface area (Å²) in [4.78, 5) is 12.0. The third-order valence-electron chi connectivity index (χ3n) is 6.26. The molecule has 0 saturated carbocycles. The van der Waals surface area contributed by atoms with Crippen molar-refractivity contribution in [2.45, 2.75) is 89.9 Å². The SMILES string of the molecule is CCCCCCCCCOc1c(C(N2NC(=O)CC2(C)C)C(F)(F)F)ccc2ccccc12. The molecule has 33 heavy (non-hydrogen) atoms. The largest absolute Gasteiger partial charge is 0.493 e. The zero-order valence-electron chi connectivity index (χ0n) is 19.8. The van der Waals surface area contributed by atoms with Gasteiger partial charge in [-0.3, -0.25) is 10.2 Å². The summed E-state index contributed by atoms with van der Waals surface area (Å²) >= 11 is 0. The predicted molar refractivity (Wildman–Crippen MR) is 125 cm³/mol. The predicted octanol–water partition coefficient (Wildman–Crippen LogP) is 7.09. The molecule has 1 heterocycles. The van der Waals surface area contributed by atoms with Gasteiger partial charge < -0.3 is 4.74 Å². The van der Waals surface area contributed by atoms with Crippen molar-refractivity contribution >= 4 is 16.7 Å². The fourth-order valence-electron chi connectivity index (χ4n) is 4.55. The van der Waals surface area contributed by atoms with Crippen molar-refractivity contribution in [3.63, 3.8) is 0 Å². The van der Waals surface area contributed by atoms with Crippen molar-refractivity contribution in [1.29, 1.82) is 0 Å². The summed E-state index contributed by atoms with van der Waals surface area (Å²) in [5.74, 6) is -0.168. The molecule has 0 radical (unpaired) electrons. The van der Waals surface area contributed by atoms with E-state index in [0.29, 0.717) is 12.0 Å². The number of fused-ring (bicyclic) bond motifs is 1. The van der Waals surface area contributed by atoms with Gasteiger partial charge in [-0.2, -0.15) is 18.2 Å². The zero-order valence-corrected chi connectivity index (χ0v) is 19.8. The van der Waals surface area contributed by atoms with Gasteiger partial charge >= 0.3 is 6.18 Å². The van der Waals surface area contributed by atoms with E-state index in [2.05, 4.69) is 12.3 Å². The number of carbonyl (C=O) groups excluding carboxylic acids is 1. The highest BCUT2D eigenvalue weighted by atomic mass is 19.4. The molecule has 1 N–H and O–H groups in total. The Hall–Kier alpha value is -2.28. The van der Waals surface area contributed by atoms with Crippen LogP contribution in [0.15, 0.2) is 36.4 Å². The Kier molecular flexibility index (Phi) is 8.27. The Labute approximate surface area is 194 Å². The van der Waals surface area contributed by atoms with Crippen molar-refractivity contribution in [1.82, 2.24) is 10.4 Å². The van der Waals surface area contributed by atoms with Crippen molar-refractivity contribution in [3.05, 3.63) is 42.0 Å². The molecule has 182 valence electrons. The highest BCUT2D eigenvalue weighted by Gasteiger charge is 2.54. The van der Waals surface area contributed by atoms with E-state index in [1.54, 1.807) is 32.0 Å². The minimum absolute atomic E-state index is 0.00137. The van der Waals surface area contributed by atoms with Crippen molar-refractivity contribution < 1.29 is 22.7 Å². The fraction of sp³-hybridized carbons (Fsp3) is 0.577. The van der Waals surface area contributed by atoms with Crippen LogP contribution in [-0.2, 0) is 4.79 Å². The number of benzene rings is 2. The van der Waals surface area contributed by atoms with Gasteiger partial charge in [0.2, 0.25) is 5.91 Å². The van der Waals surface area contributed by atoms with E-state index in [4.69, 9.17) is 4.74 Å². The average molecular weight is 465 g/mol. The lowest BCUT2D eigenvalue weighted by molar-refractivity contribution is -0.204. The molecule has 7 heteroatoms. The number of ether oxygens (including phenoxy) is 1. The van der Waals surface area contributed by atoms with Crippen LogP contribution >= 0.6 is 0 Å². The lowest BCUT2D eigenvalue weighted by atomic mass is 9.94. The number of amides is 1. The molecule has 2 aromatic rings. The van der Waals surface area contributed by atoms with Gasteiger partial charge in [-0.15, -0.1) is 0 Å². The second-order valence-corrected chi connectivity index (χ2v) is 9.51. The maximum atomic E-state index is 14.5. The molecule has 0 spiro atoms. The second kappa shape index (κ2) is 10.8. The van der Waals surface area contributed by atoms with Gasteiger partial charge in [-0.05, 0) is 25.7 Å². The molecular weight excluding hydrogens is 429 g/mol. The first-order valence-electron chi connectivity index (χ1n) is 11.9. The van der Waals surface area contributed by atoms with Gasteiger partial charge in [0.1, 0.15) is 5.75 Å². The van der Waals surface area contributed by atoms with Crippen molar-refractivity contribution in [3.8, 4) is 5.75 Å². The maximum absolute atomic E-state index is 14.5. The topological polar surface area (TPSA) is 41.6 Å². The first-order valence-corrected chi connectivity index (χ1v) is 11.9.